The number of ether oxygens (including phenoxy) is 1. The third-order valence-electron chi connectivity index (χ3n) is 4.15. The summed E-state index contributed by atoms with van der Waals surface area (Å²) in [6, 6.07) is 9.51. The minimum Gasteiger partial charge on any atom is -0.376 e. The minimum atomic E-state index is -0.102. The number of hydrogen-bond acceptors (Lipinski definition) is 7. The lowest BCUT2D eigenvalue weighted by Crippen LogP contribution is -2.31. The third-order valence-corrected chi connectivity index (χ3v) is 5.96. The normalized spacial score (nSPS) is 16.9. The lowest BCUT2D eigenvalue weighted by molar-refractivity contribution is 0.0859. The molecule has 26 heavy (non-hydrogen) atoms. The Morgan fingerprint density at radius 1 is 1.38 bits per heavy atom. The van der Waals surface area contributed by atoms with E-state index in [1.165, 1.54) is 23.1 Å². The van der Waals surface area contributed by atoms with Crippen LogP contribution in [0.25, 0.3) is 10.9 Å². The third kappa shape index (κ3) is 3.87. The van der Waals surface area contributed by atoms with Crippen LogP contribution >= 0.6 is 23.1 Å². The lowest BCUT2D eigenvalue weighted by atomic mass is 10.1. The van der Waals surface area contributed by atoms with E-state index < -0.39 is 0 Å². The molecule has 1 saturated heterocycles. The van der Waals surface area contributed by atoms with Gasteiger partial charge >= 0.3 is 0 Å². The van der Waals surface area contributed by atoms with Crippen molar-refractivity contribution in [3.63, 3.8) is 0 Å². The highest BCUT2D eigenvalue weighted by atomic mass is 32.2. The van der Waals surface area contributed by atoms with Gasteiger partial charge in [-0.1, -0.05) is 29.5 Å². The van der Waals surface area contributed by atoms with E-state index in [0.717, 1.165) is 44.7 Å². The first kappa shape index (κ1) is 17.4. The molecule has 134 valence electrons. The molecular weight excluding hydrogens is 368 g/mol. The van der Waals surface area contributed by atoms with Gasteiger partial charge in [0, 0.05) is 18.5 Å². The second-order valence-electron chi connectivity index (χ2n) is 6.06. The van der Waals surface area contributed by atoms with Gasteiger partial charge in [-0.05, 0) is 43.7 Å². The number of aryl methyl sites for hydroxylation is 1. The molecule has 1 amide bonds. The highest BCUT2D eigenvalue weighted by molar-refractivity contribution is 8.01. The molecule has 2 aromatic heterocycles. The van der Waals surface area contributed by atoms with Crippen molar-refractivity contribution >= 4 is 39.9 Å². The molecule has 1 aromatic carbocycles. The molecule has 1 unspecified atom stereocenters. The van der Waals surface area contributed by atoms with Crippen LogP contribution < -0.4 is 5.32 Å². The molecule has 0 aliphatic carbocycles. The van der Waals surface area contributed by atoms with Crippen molar-refractivity contribution in [2.75, 3.05) is 13.2 Å². The molecule has 0 spiro atoms. The van der Waals surface area contributed by atoms with E-state index in [4.69, 9.17) is 4.74 Å². The van der Waals surface area contributed by atoms with Crippen LogP contribution in [0.3, 0.4) is 0 Å². The van der Waals surface area contributed by atoms with Gasteiger partial charge < -0.3 is 10.1 Å². The van der Waals surface area contributed by atoms with Crippen LogP contribution in [0.1, 0.15) is 28.2 Å². The molecular formula is C18H18N4O2S2. The van der Waals surface area contributed by atoms with Gasteiger partial charge in [0.1, 0.15) is 10.0 Å². The van der Waals surface area contributed by atoms with Crippen molar-refractivity contribution in [1.82, 2.24) is 20.5 Å². The predicted octanol–water partition coefficient (Wildman–Crippen LogP) is 3.45. The molecule has 4 rings (SSSR count). The summed E-state index contributed by atoms with van der Waals surface area (Å²) in [5.74, 6) is -0.102. The number of hydrogen-bond donors (Lipinski definition) is 1. The van der Waals surface area contributed by atoms with Gasteiger partial charge in [-0.15, -0.1) is 10.2 Å². The van der Waals surface area contributed by atoms with Crippen LogP contribution in [0.4, 0.5) is 0 Å². The van der Waals surface area contributed by atoms with E-state index in [9.17, 15) is 4.79 Å². The van der Waals surface area contributed by atoms with Gasteiger partial charge in [0.15, 0.2) is 4.34 Å². The Balaban J connectivity index is 1.61. The highest BCUT2D eigenvalue weighted by Gasteiger charge is 2.19. The summed E-state index contributed by atoms with van der Waals surface area (Å²) in [6.45, 7) is 3.23. The summed E-state index contributed by atoms with van der Waals surface area (Å²) in [7, 11) is 0. The second kappa shape index (κ2) is 7.69. The van der Waals surface area contributed by atoms with Crippen molar-refractivity contribution in [3.05, 3.63) is 40.9 Å². The zero-order valence-corrected chi connectivity index (χ0v) is 15.9. The molecule has 0 radical (unpaired) electrons. The maximum atomic E-state index is 12.8. The smallest absolute Gasteiger partial charge is 0.252 e. The van der Waals surface area contributed by atoms with E-state index in [1.807, 2.05) is 37.3 Å². The van der Waals surface area contributed by atoms with Crippen LogP contribution in [-0.4, -0.2) is 40.3 Å². The van der Waals surface area contributed by atoms with E-state index in [1.54, 1.807) is 0 Å². The highest BCUT2D eigenvalue weighted by Crippen LogP contribution is 2.31. The van der Waals surface area contributed by atoms with Gasteiger partial charge in [-0.2, -0.15) is 0 Å². The molecule has 1 N–H and O–H groups in total. The fourth-order valence-electron chi connectivity index (χ4n) is 2.91. The molecule has 6 nitrogen and oxygen atoms in total. The summed E-state index contributed by atoms with van der Waals surface area (Å²) < 4.78 is 6.40. The second-order valence-corrected chi connectivity index (χ2v) is 8.51. The number of carbonyl (C=O) groups excluding carboxylic acids is 1. The molecule has 8 heteroatoms. The maximum absolute atomic E-state index is 12.8. The van der Waals surface area contributed by atoms with Gasteiger partial charge in [-0.3, -0.25) is 4.79 Å². The van der Waals surface area contributed by atoms with Crippen LogP contribution in [0.15, 0.2) is 39.7 Å². The number of nitrogens with zero attached hydrogens (tertiary/aromatic N) is 3. The number of nitrogens with one attached hydrogen (secondary N) is 1. The number of para-hydroxylation sites is 1. The van der Waals surface area contributed by atoms with Gasteiger partial charge in [0.05, 0.1) is 17.2 Å². The first-order valence-electron chi connectivity index (χ1n) is 8.46. The average molecular weight is 387 g/mol. The molecule has 0 saturated carbocycles. The number of aromatic nitrogens is 3. The Hall–Kier alpha value is -2.03. The summed E-state index contributed by atoms with van der Waals surface area (Å²) in [4.78, 5) is 17.5. The SMILES string of the molecule is Cc1nnc(Sc2cc(C(=O)NCC3CCCO3)c3ccccc3n2)s1. The zero-order chi connectivity index (χ0) is 17.9. The fourth-order valence-corrected chi connectivity index (χ4v) is 4.69. The van der Waals surface area contributed by atoms with E-state index in [-0.39, 0.29) is 12.0 Å². The van der Waals surface area contributed by atoms with Crippen LogP contribution in [-0.2, 0) is 4.74 Å². The Morgan fingerprint density at radius 2 is 2.27 bits per heavy atom. The Labute approximate surface area is 159 Å². The van der Waals surface area contributed by atoms with Crippen LogP contribution in [0, 0.1) is 6.92 Å². The van der Waals surface area contributed by atoms with Crippen molar-refractivity contribution in [2.24, 2.45) is 0 Å². The molecule has 1 aliphatic rings. The zero-order valence-electron chi connectivity index (χ0n) is 14.3. The van der Waals surface area contributed by atoms with Crippen molar-refractivity contribution in [2.45, 2.75) is 35.2 Å². The predicted molar refractivity (Wildman–Crippen MR) is 102 cm³/mol. The quantitative estimate of drug-likeness (QED) is 0.724. The van der Waals surface area contributed by atoms with E-state index >= 15 is 0 Å². The summed E-state index contributed by atoms with van der Waals surface area (Å²) in [6.07, 6.45) is 2.17. The van der Waals surface area contributed by atoms with Crippen molar-refractivity contribution < 1.29 is 9.53 Å². The number of carbonyl (C=O) groups is 1. The minimum absolute atomic E-state index is 0.102. The topological polar surface area (TPSA) is 77.0 Å². The van der Waals surface area contributed by atoms with Crippen LogP contribution in [0.5, 0.6) is 0 Å². The van der Waals surface area contributed by atoms with Gasteiger partial charge in [0.2, 0.25) is 0 Å². The molecule has 3 aromatic rings. The molecule has 1 aliphatic heterocycles. The maximum Gasteiger partial charge on any atom is 0.252 e. The fraction of sp³-hybridized carbons (Fsp3) is 0.333. The Bertz CT molecular complexity index is 938. The monoisotopic (exact) mass is 386 g/mol. The van der Waals surface area contributed by atoms with E-state index in [0.29, 0.717) is 12.1 Å². The number of fused-ring (bicyclic) bond motifs is 1. The number of rotatable bonds is 5. The standard InChI is InChI=1S/C18H18N4O2S2/c1-11-21-22-18(25-11)26-16-9-14(13-6-2-3-7-15(13)20-16)17(23)19-10-12-5-4-8-24-12/h2-3,6-7,9,12H,4-5,8,10H2,1H3,(H,19,23). The van der Waals surface area contributed by atoms with Crippen LogP contribution in [0.2, 0.25) is 0 Å². The summed E-state index contributed by atoms with van der Waals surface area (Å²) in [5, 5.41) is 13.6. The first-order chi connectivity index (χ1) is 12.7. The number of amides is 1. The molecule has 1 atom stereocenters. The van der Waals surface area contributed by atoms with E-state index in [2.05, 4.69) is 20.5 Å². The Kier molecular flexibility index (Phi) is 5.14. The largest absolute Gasteiger partial charge is 0.376 e. The summed E-state index contributed by atoms with van der Waals surface area (Å²) >= 11 is 2.94. The summed E-state index contributed by atoms with van der Waals surface area (Å²) in [5.41, 5.74) is 1.42. The van der Waals surface area contributed by atoms with Crippen molar-refractivity contribution in [1.29, 1.82) is 0 Å². The number of pyridine rings is 1. The van der Waals surface area contributed by atoms with Gasteiger partial charge in [-0.25, -0.2) is 4.98 Å². The lowest BCUT2D eigenvalue weighted by Gasteiger charge is -2.12. The molecule has 0 bridgehead atoms. The number of benzene rings is 1. The first-order valence-corrected chi connectivity index (χ1v) is 10.1. The Morgan fingerprint density at radius 3 is 3.04 bits per heavy atom. The molecule has 1 fully saturated rings. The molecule has 3 heterocycles. The van der Waals surface area contributed by atoms with Crippen molar-refractivity contribution in [3.8, 4) is 0 Å². The average Bonchev–Trinajstić information content (AvgIpc) is 3.31. The van der Waals surface area contributed by atoms with Gasteiger partial charge in [0.25, 0.3) is 5.91 Å².